The quantitative estimate of drug-likeness (QED) is 0.744. The number of methoxy groups -OCH3 is 1. The summed E-state index contributed by atoms with van der Waals surface area (Å²) in [6, 6.07) is 11.2. The number of aromatic nitrogens is 1. The fourth-order valence-corrected chi connectivity index (χ4v) is 3.07. The number of aryl methyl sites for hydroxylation is 1. The van der Waals surface area contributed by atoms with Gasteiger partial charge >= 0.3 is 5.97 Å². The van der Waals surface area contributed by atoms with E-state index in [1.165, 1.54) is 0 Å². The molecule has 3 rings (SSSR count). The average Bonchev–Trinajstić information content (AvgIpc) is 2.91. The van der Waals surface area contributed by atoms with Gasteiger partial charge in [0.05, 0.1) is 29.8 Å². The van der Waals surface area contributed by atoms with E-state index in [4.69, 9.17) is 16.3 Å². The summed E-state index contributed by atoms with van der Waals surface area (Å²) in [5.74, 6) is -0.142. The second kappa shape index (κ2) is 5.97. The molecule has 0 saturated heterocycles. The van der Waals surface area contributed by atoms with Crippen LogP contribution in [0, 0.1) is 6.92 Å². The van der Waals surface area contributed by atoms with Crippen LogP contribution in [0.5, 0.6) is 5.75 Å². The van der Waals surface area contributed by atoms with Crippen molar-refractivity contribution >= 4 is 28.5 Å². The monoisotopic (exact) mass is 329 g/mol. The van der Waals surface area contributed by atoms with Gasteiger partial charge in [0.1, 0.15) is 5.75 Å². The number of nitrogens with one attached hydrogen (secondary N) is 1. The van der Waals surface area contributed by atoms with E-state index in [9.17, 15) is 9.90 Å². The molecular weight excluding hydrogens is 314 g/mol. The van der Waals surface area contributed by atoms with Crippen molar-refractivity contribution in [3.05, 3.63) is 52.5 Å². The zero-order valence-electron chi connectivity index (χ0n) is 12.8. The van der Waals surface area contributed by atoms with Gasteiger partial charge in [-0.2, -0.15) is 0 Å². The van der Waals surface area contributed by atoms with Crippen molar-refractivity contribution in [1.29, 1.82) is 0 Å². The van der Waals surface area contributed by atoms with Crippen LogP contribution < -0.4 is 4.74 Å². The molecule has 118 valence electrons. The van der Waals surface area contributed by atoms with Crippen molar-refractivity contribution < 1.29 is 14.6 Å². The van der Waals surface area contributed by atoms with E-state index in [0.29, 0.717) is 10.6 Å². The van der Waals surface area contributed by atoms with Crippen molar-refractivity contribution in [2.45, 2.75) is 13.3 Å². The van der Waals surface area contributed by atoms with Crippen molar-refractivity contribution in [3.63, 3.8) is 0 Å². The number of carboxylic acids is 1. The Balaban J connectivity index is 2.27. The molecule has 5 heteroatoms. The number of aliphatic carboxylic acids is 1. The molecule has 2 aromatic carbocycles. The minimum absolute atomic E-state index is 0.0927. The Morgan fingerprint density at radius 2 is 1.91 bits per heavy atom. The Morgan fingerprint density at radius 1 is 1.22 bits per heavy atom. The lowest BCUT2D eigenvalue weighted by Crippen LogP contribution is -2.01. The topological polar surface area (TPSA) is 62.3 Å². The van der Waals surface area contributed by atoms with Gasteiger partial charge in [-0.1, -0.05) is 17.7 Å². The minimum atomic E-state index is -0.891. The summed E-state index contributed by atoms with van der Waals surface area (Å²) >= 11 is 6.33. The minimum Gasteiger partial charge on any atom is -0.497 e. The van der Waals surface area contributed by atoms with Crippen LogP contribution in [-0.2, 0) is 11.2 Å². The number of carboxylic acid groups (broad SMARTS) is 1. The van der Waals surface area contributed by atoms with Crippen LogP contribution in [0.2, 0.25) is 5.02 Å². The maximum absolute atomic E-state index is 11.3. The van der Waals surface area contributed by atoms with Gasteiger partial charge in [0.25, 0.3) is 0 Å². The SMILES string of the molecule is COc1ccc(-c2[nH]c3c(C)ccc(Cl)c3c2CC(=O)O)cc1. The van der Waals surface area contributed by atoms with E-state index in [1.807, 2.05) is 37.3 Å². The Bertz CT molecular complexity index is 881. The van der Waals surface area contributed by atoms with Gasteiger partial charge in [0, 0.05) is 5.39 Å². The van der Waals surface area contributed by atoms with Crippen LogP contribution in [0.1, 0.15) is 11.1 Å². The van der Waals surface area contributed by atoms with E-state index in [0.717, 1.165) is 33.5 Å². The highest BCUT2D eigenvalue weighted by Crippen LogP contribution is 2.36. The lowest BCUT2D eigenvalue weighted by Gasteiger charge is -2.05. The molecule has 3 aromatic rings. The number of ether oxygens (including phenoxy) is 1. The highest BCUT2D eigenvalue weighted by Gasteiger charge is 2.19. The van der Waals surface area contributed by atoms with Crippen LogP contribution >= 0.6 is 11.6 Å². The molecule has 0 spiro atoms. The molecule has 0 aliphatic rings. The van der Waals surface area contributed by atoms with E-state index in [2.05, 4.69) is 4.98 Å². The van der Waals surface area contributed by atoms with Gasteiger partial charge in [-0.3, -0.25) is 4.79 Å². The first-order valence-electron chi connectivity index (χ1n) is 7.17. The number of H-pyrrole nitrogens is 1. The number of hydrogen-bond donors (Lipinski definition) is 2. The first-order chi connectivity index (χ1) is 11.0. The zero-order chi connectivity index (χ0) is 16.6. The molecule has 0 aliphatic heterocycles. The molecule has 23 heavy (non-hydrogen) atoms. The van der Waals surface area contributed by atoms with Crippen LogP contribution in [0.3, 0.4) is 0 Å². The summed E-state index contributed by atoms with van der Waals surface area (Å²) < 4.78 is 5.17. The van der Waals surface area contributed by atoms with Crippen molar-refractivity contribution in [1.82, 2.24) is 4.98 Å². The van der Waals surface area contributed by atoms with E-state index in [1.54, 1.807) is 13.2 Å². The van der Waals surface area contributed by atoms with Gasteiger partial charge in [-0.25, -0.2) is 0 Å². The summed E-state index contributed by atoms with van der Waals surface area (Å²) in [5.41, 5.74) is 4.27. The second-order valence-corrected chi connectivity index (χ2v) is 5.80. The summed E-state index contributed by atoms with van der Waals surface area (Å²) in [7, 11) is 1.61. The molecular formula is C18H16ClNO3. The third-order valence-electron chi connectivity index (χ3n) is 3.92. The highest BCUT2D eigenvalue weighted by molar-refractivity contribution is 6.36. The molecule has 1 aromatic heterocycles. The molecule has 0 saturated carbocycles. The highest BCUT2D eigenvalue weighted by atomic mass is 35.5. The Labute approximate surface area is 138 Å². The first kappa shape index (κ1) is 15.4. The predicted octanol–water partition coefficient (Wildman–Crippen LogP) is 4.43. The maximum atomic E-state index is 11.3. The molecule has 0 fully saturated rings. The molecule has 0 bridgehead atoms. The molecule has 0 amide bonds. The summed E-state index contributed by atoms with van der Waals surface area (Å²) in [6.45, 7) is 1.97. The molecule has 0 aliphatic carbocycles. The summed E-state index contributed by atoms with van der Waals surface area (Å²) in [6.07, 6.45) is -0.0927. The van der Waals surface area contributed by atoms with Crippen LogP contribution in [0.25, 0.3) is 22.2 Å². The van der Waals surface area contributed by atoms with Gasteiger partial charge in [-0.05, 0) is 53.9 Å². The normalized spacial score (nSPS) is 10.9. The second-order valence-electron chi connectivity index (χ2n) is 5.39. The standard InChI is InChI=1S/C18H16ClNO3/c1-10-3-8-14(19)16-13(9-15(21)22)18(20-17(10)16)11-4-6-12(23-2)7-5-11/h3-8,20H,9H2,1-2H3,(H,21,22). The largest absolute Gasteiger partial charge is 0.497 e. The maximum Gasteiger partial charge on any atom is 0.307 e. The zero-order valence-corrected chi connectivity index (χ0v) is 13.6. The molecule has 0 radical (unpaired) electrons. The fraction of sp³-hybridized carbons (Fsp3) is 0.167. The third-order valence-corrected chi connectivity index (χ3v) is 4.24. The number of benzene rings is 2. The smallest absolute Gasteiger partial charge is 0.307 e. The van der Waals surface area contributed by atoms with Gasteiger partial charge in [0.2, 0.25) is 0 Å². The van der Waals surface area contributed by atoms with E-state index < -0.39 is 5.97 Å². The summed E-state index contributed by atoms with van der Waals surface area (Å²) in [5, 5.41) is 10.6. The number of halogens is 1. The van der Waals surface area contributed by atoms with Crippen LogP contribution in [0.4, 0.5) is 0 Å². The van der Waals surface area contributed by atoms with Crippen molar-refractivity contribution in [2.75, 3.05) is 7.11 Å². The van der Waals surface area contributed by atoms with Crippen molar-refractivity contribution in [2.24, 2.45) is 0 Å². The van der Waals surface area contributed by atoms with Gasteiger partial charge in [0.15, 0.2) is 0 Å². The first-order valence-corrected chi connectivity index (χ1v) is 7.55. The summed E-state index contributed by atoms with van der Waals surface area (Å²) in [4.78, 5) is 14.7. The van der Waals surface area contributed by atoms with E-state index >= 15 is 0 Å². The number of hydrogen-bond acceptors (Lipinski definition) is 2. The van der Waals surface area contributed by atoms with Gasteiger partial charge in [-0.15, -0.1) is 0 Å². The molecule has 0 unspecified atom stereocenters. The number of aromatic amines is 1. The lowest BCUT2D eigenvalue weighted by molar-refractivity contribution is -0.136. The fourth-order valence-electron chi connectivity index (χ4n) is 2.80. The van der Waals surface area contributed by atoms with Crippen LogP contribution in [0.15, 0.2) is 36.4 Å². The molecule has 2 N–H and O–H groups in total. The number of carbonyl (C=O) groups is 1. The predicted molar refractivity (Wildman–Crippen MR) is 91.4 cm³/mol. The Kier molecular flexibility index (Phi) is 4.01. The number of rotatable bonds is 4. The lowest BCUT2D eigenvalue weighted by atomic mass is 10.0. The molecule has 4 nitrogen and oxygen atoms in total. The van der Waals surface area contributed by atoms with Gasteiger partial charge < -0.3 is 14.8 Å². The van der Waals surface area contributed by atoms with E-state index in [-0.39, 0.29) is 6.42 Å². The van der Waals surface area contributed by atoms with Crippen LogP contribution in [-0.4, -0.2) is 23.2 Å². The van der Waals surface area contributed by atoms with Crippen molar-refractivity contribution in [3.8, 4) is 17.0 Å². The Morgan fingerprint density at radius 3 is 2.52 bits per heavy atom. The number of fused-ring (bicyclic) bond motifs is 1. The third kappa shape index (κ3) is 2.78. The Hall–Kier alpha value is -2.46. The average molecular weight is 330 g/mol. The molecule has 1 heterocycles. The molecule has 0 atom stereocenters.